The minimum atomic E-state index is -4.91. The molecule has 1 aliphatic rings. The van der Waals surface area contributed by atoms with E-state index in [1.807, 2.05) is 13.8 Å². The van der Waals surface area contributed by atoms with Crippen LogP contribution in [0.3, 0.4) is 0 Å². The number of aliphatic hydroxyl groups excluding tert-OH is 1. The highest BCUT2D eigenvalue weighted by molar-refractivity contribution is 6.16. The molecular weight excluding hydrogens is 401 g/mol. The zero-order valence-electron chi connectivity index (χ0n) is 16.2. The number of Topliss-reactive ketones (excluding diaryl/α,β-unsaturated/α-hetero) is 1. The van der Waals surface area contributed by atoms with Gasteiger partial charge in [0.05, 0.1) is 11.3 Å². The number of ether oxygens (including phenoxy) is 1. The number of nitrogens with zero attached hydrogens (tertiary/aromatic N) is 2. The molecule has 1 amide bonds. The molecule has 0 saturated heterocycles. The molecule has 0 bridgehead atoms. The Balaban J connectivity index is 2.09. The fraction of sp³-hybridized carbons (Fsp3) is 0.286. The Hall–Kier alpha value is -3.36. The second kappa shape index (κ2) is 8.17. The molecule has 6 nitrogen and oxygen atoms in total. The summed E-state index contributed by atoms with van der Waals surface area (Å²) in [7, 11) is 0. The number of ketones is 1. The highest BCUT2D eigenvalue weighted by Gasteiger charge is 2.45. The van der Waals surface area contributed by atoms with Crippen LogP contribution in [0.2, 0.25) is 0 Å². The number of carbonyl (C=O) groups excluding carboxylic acids is 2. The zero-order valence-corrected chi connectivity index (χ0v) is 16.2. The monoisotopic (exact) mass is 420 g/mol. The minimum absolute atomic E-state index is 0.0244. The van der Waals surface area contributed by atoms with Crippen molar-refractivity contribution >= 4 is 17.4 Å². The molecule has 0 spiro atoms. The third kappa shape index (κ3) is 4.45. The molecule has 3 rings (SSSR count). The van der Waals surface area contributed by atoms with E-state index in [1.54, 1.807) is 18.2 Å². The fourth-order valence-electron chi connectivity index (χ4n) is 3.29. The summed E-state index contributed by atoms with van der Waals surface area (Å²) in [6, 6.07) is 8.56. The lowest BCUT2D eigenvalue weighted by molar-refractivity contribution is -0.274. The van der Waals surface area contributed by atoms with Gasteiger partial charge in [-0.2, -0.15) is 0 Å². The molecular formula is C21H19F3N2O4. The predicted molar refractivity (Wildman–Crippen MR) is 102 cm³/mol. The molecule has 2 heterocycles. The first-order valence-electron chi connectivity index (χ1n) is 9.15. The van der Waals surface area contributed by atoms with E-state index in [0.29, 0.717) is 5.69 Å². The van der Waals surface area contributed by atoms with Crippen LogP contribution < -0.4 is 9.64 Å². The molecule has 9 heteroatoms. The highest BCUT2D eigenvalue weighted by atomic mass is 19.4. The molecule has 1 unspecified atom stereocenters. The second-order valence-electron chi connectivity index (χ2n) is 7.16. The Kier molecular flexibility index (Phi) is 5.82. The number of aliphatic hydroxyl groups is 1. The number of anilines is 1. The van der Waals surface area contributed by atoms with E-state index in [0.717, 1.165) is 17.0 Å². The number of amides is 1. The van der Waals surface area contributed by atoms with Gasteiger partial charge in [0.25, 0.3) is 5.91 Å². The number of rotatable bonds is 6. The fourth-order valence-corrected chi connectivity index (χ4v) is 3.29. The topological polar surface area (TPSA) is 79.7 Å². The van der Waals surface area contributed by atoms with Gasteiger partial charge in [0.15, 0.2) is 11.5 Å². The van der Waals surface area contributed by atoms with Gasteiger partial charge in [-0.25, -0.2) is 0 Å². The van der Waals surface area contributed by atoms with Crippen molar-refractivity contribution in [3.8, 4) is 5.75 Å². The molecule has 0 saturated carbocycles. The Labute approximate surface area is 170 Å². The van der Waals surface area contributed by atoms with E-state index in [9.17, 15) is 27.9 Å². The van der Waals surface area contributed by atoms with E-state index >= 15 is 0 Å². The van der Waals surface area contributed by atoms with Crippen molar-refractivity contribution < 1.29 is 32.6 Å². The number of alkyl halides is 3. The number of benzene rings is 1. The van der Waals surface area contributed by atoms with Crippen molar-refractivity contribution in [2.45, 2.75) is 32.7 Å². The summed E-state index contributed by atoms with van der Waals surface area (Å²) in [5, 5.41) is 10.5. The van der Waals surface area contributed by atoms with E-state index in [-0.39, 0.29) is 23.6 Å². The number of hydrogen-bond acceptors (Lipinski definition) is 5. The molecule has 30 heavy (non-hydrogen) atoms. The number of aromatic nitrogens is 1. The third-order valence-corrected chi connectivity index (χ3v) is 4.40. The van der Waals surface area contributed by atoms with Crippen LogP contribution in [0.25, 0.3) is 0 Å². The van der Waals surface area contributed by atoms with Gasteiger partial charge in [0.1, 0.15) is 11.8 Å². The third-order valence-electron chi connectivity index (χ3n) is 4.40. The van der Waals surface area contributed by atoms with Gasteiger partial charge in [-0.05, 0) is 30.2 Å². The Morgan fingerprint density at radius 3 is 2.57 bits per heavy atom. The summed E-state index contributed by atoms with van der Waals surface area (Å²) in [6.45, 7) is 3.63. The molecule has 1 N–H and O–H groups in total. The molecule has 0 aliphatic carbocycles. The minimum Gasteiger partial charge on any atom is -0.503 e. The van der Waals surface area contributed by atoms with Gasteiger partial charge in [0, 0.05) is 24.4 Å². The molecule has 1 aromatic heterocycles. The summed E-state index contributed by atoms with van der Waals surface area (Å²) < 4.78 is 41.8. The molecule has 0 radical (unpaired) electrons. The first kappa shape index (κ1) is 21.4. The predicted octanol–water partition coefficient (Wildman–Crippen LogP) is 4.50. The maximum atomic E-state index is 12.9. The van der Waals surface area contributed by atoms with Crippen molar-refractivity contribution in [2.75, 3.05) is 4.90 Å². The average molecular weight is 420 g/mol. The quantitative estimate of drug-likeness (QED) is 0.745. The van der Waals surface area contributed by atoms with E-state index in [2.05, 4.69) is 9.72 Å². The zero-order chi connectivity index (χ0) is 22.1. The first-order chi connectivity index (χ1) is 14.1. The van der Waals surface area contributed by atoms with Crippen LogP contribution in [-0.2, 0) is 9.59 Å². The van der Waals surface area contributed by atoms with Crippen molar-refractivity contribution in [2.24, 2.45) is 5.92 Å². The van der Waals surface area contributed by atoms with Crippen molar-refractivity contribution in [3.63, 3.8) is 0 Å². The Morgan fingerprint density at radius 2 is 1.97 bits per heavy atom. The number of carbonyl (C=O) groups is 2. The molecule has 1 atom stereocenters. The van der Waals surface area contributed by atoms with Crippen LogP contribution in [0.4, 0.5) is 18.9 Å². The molecule has 0 fully saturated rings. The van der Waals surface area contributed by atoms with Crippen molar-refractivity contribution in [3.05, 3.63) is 65.7 Å². The van der Waals surface area contributed by atoms with Gasteiger partial charge in [-0.3, -0.25) is 19.5 Å². The van der Waals surface area contributed by atoms with E-state index < -0.39 is 35.6 Å². The summed E-state index contributed by atoms with van der Waals surface area (Å²) >= 11 is 0. The van der Waals surface area contributed by atoms with Crippen LogP contribution >= 0.6 is 0 Å². The van der Waals surface area contributed by atoms with Crippen LogP contribution in [0.15, 0.2) is 60.0 Å². The van der Waals surface area contributed by atoms with Crippen LogP contribution in [-0.4, -0.2) is 28.1 Å². The number of pyridine rings is 1. The van der Waals surface area contributed by atoms with Crippen molar-refractivity contribution in [1.29, 1.82) is 0 Å². The highest BCUT2D eigenvalue weighted by Crippen LogP contribution is 2.42. The maximum absolute atomic E-state index is 12.9. The van der Waals surface area contributed by atoms with Gasteiger partial charge < -0.3 is 9.84 Å². The molecule has 1 aliphatic heterocycles. The lowest BCUT2D eigenvalue weighted by Gasteiger charge is -2.26. The molecule has 158 valence electrons. The van der Waals surface area contributed by atoms with Crippen molar-refractivity contribution in [1.82, 2.24) is 4.98 Å². The Bertz CT molecular complexity index is 987. The average Bonchev–Trinajstić information content (AvgIpc) is 2.92. The summed E-state index contributed by atoms with van der Waals surface area (Å²) in [6.07, 6.45) is -3.37. The normalized spacial score (nSPS) is 17.1. The van der Waals surface area contributed by atoms with Gasteiger partial charge in [0.2, 0.25) is 0 Å². The SMILES string of the molecule is CC(C)CC(=O)C1=C(O)C(=O)N(c2cccc(OC(F)(F)F)c2)C1c1ccccn1. The Morgan fingerprint density at radius 1 is 1.23 bits per heavy atom. The van der Waals surface area contributed by atoms with Crippen LogP contribution in [0.5, 0.6) is 5.75 Å². The number of hydrogen-bond donors (Lipinski definition) is 1. The molecule has 1 aromatic carbocycles. The maximum Gasteiger partial charge on any atom is 0.573 e. The van der Waals surface area contributed by atoms with Gasteiger partial charge in [-0.15, -0.1) is 13.2 Å². The lowest BCUT2D eigenvalue weighted by Crippen LogP contribution is -2.31. The summed E-state index contributed by atoms with van der Waals surface area (Å²) in [4.78, 5) is 30.9. The number of halogens is 3. The van der Waals surface area contributed by atoms with Gasteiger partial charge in [-0.1, -0.05) is 26.0 Å². The second-order valence-corrected chi connectivity index (χ2v) is 7.16. The smallest absolute Gasteiger partial charge is 0.503 e. The van der Waals surface area contributed by atoms with E-state index in [4.69, 9.17) is 0 Å². The van der Waals surface area contributed by atoms with Crippen LogP contribution in [0.1, 0.15) is 32.0 Å². The largest absolute Gasteiger partial charge is 0.573 e. The van der Waals surface area contributed by atoms with Crippen LogP contribution in [0, 0.1) is 5.92 Å². The van der Waals surface area contributed by atoms with E-state index in [1.165, 1.54) is 18.3 Å². The lowest BCUT2D eigenvalue weighted by atomic mass is 9.94. The first-order valence-corrected chi connectivity index (χ1v) is 9.15. The standard InChI is InChI=1S/C21H19F3N2O4/c1-12(2)10-16(27)17-18(15-8-3-4-9-25-15)26(20(29)19(17)28)13-6-5-7-14(11-13)30-21(22,23)24/h3-9,11-12,18,28H,10H2,1-2H3. The van der Waals surface area contributed by atoms with Gasteiger partial charge >= 0.3 is 6.36 Å². The molecule has 2 aromatic rings. The summed E-state index contributed by atoms with van der Waals surface area (Å²) in [5.74, 6) is -2.64. The summed E-state index contributed by atoms with van der Waals surface area (Å²) in [5.41, 5.74) is 0.190.